The van der Waals surface area contributed by atoms with Crippen LogP contribution in [-0.4, -0.2) is 41.0 Å². The molecule has 4 N–H and O–H groups in total. The molecule has 0 radical (unpaired) electrons. The third-order valence-corrected chi connectivity index (χ3v) is 8.83. The van der Waals surface area contributed by atoms with Gasteiger partial charge in [0.25, 0.3) is 11.8 Å². The molecule has 0 heterocycles. The van der Waals surface area contributed by atoms with Crippen LogP contribution in [0.25, 0.3) is 11.1 Å². The van der Waals surface area contributed by atoms with Gasteiger partial charge in [0.2, 0.25) is 57.9 Å². The van der Waals surface area contributed by atoms with Gasteiger partial charge >= 0.3 is 11.9 Å². The molecule has 0 spiro atoms. The summed E-state index contributed by atoms with van der Waals surface area (Å²) in [5.74, 6) is -68.7. The molecule has 0 atom stereocenters. The Labute approximate surface area is 345 Å². The Kier molecular flexibility index (Phi) is 12.7. The molecule has 0 aliphatic heterocycles. The summed E-state index contributed by atoms with van der Waals surface area (Å²) in [5.41, 5.74) is -17.3. The van der Waals surface area contributed by atoms with E-state index in [-0.39, 0.29) is 0 Å². The third kappa shape index (κ3) is 7.32. The molecule has 0 saturated heterocycles. The zero-order valence-electron chi connectivity index (χ0n) is 30.1. The number of ether oxygens (including phenoxy) is 2. The molecule has 0 aliphatic carbocycles. The minimum Gasteiger partial charge on any atom is -0.478 e. The summed E-state index contributed by atoms with van der Waals surface area (Å²) in [7, 11) is 0.678. The maximum atomic E-state index is 15.7. The lowest BCUT2D eigenvalue weighted by Crippen LogP contribution is -2.25. The van der Waals surface area contributed by atoms with Crippen molar-refractivity contribution in [3.63, 3.8) is 0 Å². The lowest BCUT2D eigenvalue weighted by molar-refractivity contribution is 0.0675. The van der Waals surface area contributed by atoms with Gasteiger partial charge in [-0.3, -0.25) is 9.59 Å². The maximum Gasteiger partial charge on any atom is 0.339 e. The molecule has 5 rings (SSSR count). The van der Waals surface area contributed by atoms with Gasteiger partial charge in [-0.1, -0.05) is 11.6 Å². The first-order valence-electron chi connectivity index (χ1n) is 16.0. The van der Waals surface area contributed by atoms with Crippen molar-refractivity contribution in [3.8, 4) is 34.1 Å². The molecule has 0 fully saturated rings. The molecule has 10 nitrogen and oxygen atoms in total. The van der Waals surface area contributed by atoms with Gasteiger partial charge in [0.15, 0.2) is 64.0 Å². The first kappa shape index (κ1) is 47.7. The van der Waals surface area contributed by atoms with Crippen LogP contribution in [-0.2, 0) is 0 Å². The van der Waals surface area contributed by atoms with Crippen LogP contribution in [0.4, 0.5) is 80.3 Å². The molecular formula is C36H10ClF17N2O8. The SMILES string of the molecule is CNC(=O)c1c(F)c(Oc2c(F)c(F)c(-c3c(F)c(F)c(Oc4c(F)c(F)c(C(=O)O)c(C(=O)Nc5c(F)c(C)c(F)c(Cl)c5F)c4F)c(F)c3F)c(F)c2F)c(F)c(F)c1C(=O)O. The Morgan fingerprint density at radius 3 is 1.06 bits per heavy atom. The molecule has 28 heteroatoms. The van der Waals surface area contributed by atoms with Crippen LogP contribution in [0.15, 0.2) is 0 Å². The van der Waals surface area contributed by atoms with Crippen molar-refractivity contribution in [2.75, 3.05) is 12.4 Å². The summed E-state index contributed by atoms with van der Waals surface area (Å²) >= 11 is 5.34. The van der Waals surface area contributed by atoms with Crippen molar-refractivity contribution in [2.45, 2.75) is 6.92 Å². The Hall–Kier alpha value is -7.32. The first-order valence-corrected chi connectivity index (χ1v) is 16.4. The van der Waals surface area contributed by atoms with E-state index in [1.807, 2.05) is 0 Å². The van der Waals surface area contributed by atoms with Crippen LogP contribution < -0.4 is 20.1 Å². The largest absolute Gasteiger partial charge is 0.478 e. The molecule has 0 saturated carbocycles. The lowest BCUT2D eigenvalue weighted by Gasteiger charge is -2.18. The number of carboxylic acid groups (broad SMARTS) is 2. The highest BCUT2D eigenvalue weighted by Gasteiger charge is 2.40. The van der Waals surface area contributed by atoms with Gasteiger partial charge in [0.05, 0.1) is 22.3 Å². The zero-order chi connectivity index (χ0) is 48.5. The number of hydrogen-bond donors (Lipinski definition) is 4. The van der Waals surface area contributed by atoms with E-state index in [1.165, 1.54) is 0 Å². The lowest BCUT2D eigenvalue weighted by atomic mass is 10.0. The number of carbonyl (C=O) groups is 4. The van der Waals surface area contributed by atoms with E-state index in [9.17, 15) is 46.2 Å². The van der Waals surface area contributed by atoms with Crippen LogP contribution in [0.3, 0.4) is 0 Å². The predicted octanol–water partition coefficient (Wildman–Crippen LogP) is 10.3. The quantitative estimate of drug-likeness (QED) is 0.0614. The summed E-state index contributed by atoms with van der Waals surface area (Å²) in [6.45, 7) is 0.594. The number of hydrogen-bond acceptors (Lipinski definition) is 6. The van der Waals surface area contributed by atoms with E-state index >= 15 is 52.7 Å². The van der Waals surface area contributed by atoms with Gasteiger partial charge in [0.1, 0.15) is 21.8 Å². The average Bonchev–Trinajstić information content (AvgIpc) is 3.24. The second kappa shape index (κ2) is 17.1. The number of nitrogens with one attached hydrogen (secondary N) is 2. The molecular weight excluding hydrogens is 947 g/mol. The zero-order valence-corrected chi connectivity index (χ0v) is 30.9. The predicted molar refractivity (Wildman–Crippen MR) is 176 cm³/mol. The normalized spacial score (nSPS) is 11.2. The highest BCUT2D eigenvalue weighted by atomic mass is 35.5. The van der Waals surface area contributed by atoms with Crippen molar-refractivity contribution in [1.82, 2.24) is 5.32 Å². The molecule has 338 valence electrons. The van der Waals surface area contributed by atoms with Gasteiger partial charge in [-0.2, -0.15) is 26.3 Å². The van der Waals surface area contributed by atoms with Gasteiger partial charge in [-0.15, -0.1) is 0 Å². The van der Waals surface area contributed by atoms with E-state index < -0.39 is 195 Å². The second-order valence-electron chi connectivity index (χ2n) is 12.1. The van der Waals surface area contributed by atoms with Crippen molar-refractivity contribution in [2.24, 2.45) is 0 Å². The number of carbonyl (C=O) groups excluding carboxylic acids is 2. The molecule has 0 bridgehead atoms. The number of aromatic carboxylic acids is 2. The molecule has 5 aromatic rings. The third-order valence-electron chi connectivity index (χ3n) is 8.50. The topological polar surface area (TPSA) is 151 Å². The van der Waals surface area contributed by atoms with E-state index in [1.54, 1.807) is 5.32 Å². The van der Waals surface area contributed by atoms with Crippen molar-refractivity contribution >= 4 is 41.0 Å². The van der Waals surface area contributed by atoms with Crippen LogP contribution >= 0.6 is 11.6 Å². The second-order valence-corrected chi connectivity index (χ2v) is 12.4. The number of rotatable bonds is 10. The fourth-order valence-corrected chi connectivity index (χ4v) is 5.73. The summed E-state index contributed by atoms with van der Waals surface area (Å²) < 4.78 is 264. The Morgan fingerprint density at radius 2 is 0.734 bits per heavy atom. The van der Waals surface area contributed by atoms with Crippen LogP contribution in [0.1, 0.15) is 47.0 Å². The maximum absolute atomic E-state index is 15.7. The standard InChI is InChI=1S/C36H10ClF17N2O8/c1-3-11(38)10(37)21(48)28(12(3)39)56-34(58)7-9(36(61)62)18(45)27(54)30(20(7)47)64-32-24(51)15(42)5(16(43)25(32)52)4-13(40)22(49)31(23(50)14(4)41)63-29-19(46)6(33(57)55-2)8(35(59)60)17(44)26(29)53/h1-2H3,(H,55,57)(H,56,58)(H,59,60)(H,61,62). The molecule has 64 heavy (non-hydrogen) atoms. The number of amides is 2. The van der Waals surface area contributed by atoms with Crippen molar-refractivity contribution < 1.29 is 114 Å². The molecule has 5 aromatic carbocycles. The monoisotopic (exact) mass is 956 g/mol. The molecule has 2 amide bonds. The van der Waals surface area contributed by atoms with Crippen LogP contribution in [0, 0.1) is 106 Å². The molecule has 0 aromatic heterocycles. The first-order chi connectivity index (χ1) is 29.7. The van der Waals surface area contributed by atoms with Gasteiger partial charge in [-0.25, -0.2) is 57.9 Å². The molecule has 0 unspecified atom stereocenters. The van der Waals surface area contributed by atoms with E-state index in [0.29, 0.717) is 14.0 Å². The highest BCUT2D eigenvalue weighted by molar-refractivity contribution is 6.31. The Morgan fingerprint density at radius 1 is 0.422 bits per heavy atom. The summed E-state index contributed by atoms with van der Waals surface area (Å²) in [6, 6.07) is 0. The van der Waals surface area contributed by atoms with E-state index in [0.717, 1.165) is 5.32 Å². The fourth-order valence-electron chi connectivity index (χ4n) is 5.49. The fraction of sp³-hybridized carbons (Fsp3) is 0.0556. The number of benzene rings is 5. The van der Waals surface area contributed by atoms with Crippen molar-refractivity contribution in [3.05, 3.63) is 132 Å². The number of halogens is 18. The minimum atomic E-state index is -3.23. The van der Waals surface area contributed by atoms with Gasteiger partial charge in [-0.05, 0) is 6.92 Å². The smallest absolute Gasteiger partial charge is 0.339 e. The minimum absolute atomic E-state index is 0.594. The van der Waals surface area contributed by atoms with E-state index in [4.69, 9.17) is 16.7 Å². The Balaban J connectivity index is 1.67. The summed E-state index contributed by atoms with van der Waals surface area (Å²) in [6.07, 6.45) is 0. The summed E-state index contributed by atoms with van der Waals surface area (Å²) in [4.78, 5) is 48.1. The Bertz CT molecular complexity index is 2880. The van der Waals surface area contributed by atoms with Crippen LogP contribution in [0.5, 0.6) is 23.0 Å². The van der Waals surface area contributed by atoms with Gasteiger partial charge in [0, 0.05) is 12.6 Å². The highest BCUT2D eigenvalue weighted by Crippen LogP contribution is 2.46. The van der Waals surface area contributed by atoms with Gasteiger partial charge < -0.3 is 30.3 Å². The number of anilines is 1. The van der Waals surface area contributed by atoms with Crippen LogP contribution in [0.2, 0.25) is 5.02 Å². The molecule has 0 aliphatic rings. The number of carboxylic acids is 2. The van der Waals surface area contributed by atoms with E-state index in [2.05, 4.69) is 9.47 Å². The average molecular weight is 957 g/mol. The van der Waals surface area contributed by atoms with Crippen molar-refractivity contribution in [1.29, 1.82) is 0 Å². The summed E-state index contributed by atoms with van der Waals surface area (Å²) in [5, 5.41) is 19.6.